The van der Waals surface area contributed by atoms with Gasteiger partial charge in [-0.25, -0.2) is 4.39 Å². The highest BCUT2D eigenvalue weighted by Crippen LogP contribution is 2.22. The van der Waals surface area contributed by atoms with Crippen molar-refractivity contribution in [1.82, 2.24) is 19.2 Å². The molecule has 0 aliphatic carbocycles. The number of aryl methyl sites for hydroxylation is 2. The SMILES string of the molecule is O=C(CSc1nnc2n(CCc3ccccc3)c(=O)c3ccccc3n12)Nc1cccc(F)c1. The summed E-state index contributed by atoms with van der Waals surface area (Å²) in [5.41, 5.74) is 2.05. The molecule has 5 rings (SSSR count). The Morgan fingerprint density at radius 3 is 2.59 bits per heavy atom. The van der Waals surface area contributed by atoms with Gasteiger partial charge in [0.05, 0.1) is 16.7 Å². The molecule has 0 saturated heterocycles. The van der Waals surface area contributed by atoms with Crippen molar-refractivity contribution in [3.8, 4) is 0 Å². The Morgan fingerprint density at radius 1 is 0.971 bits per heavy atom. The summed E-state index contributed by atoms with van der Waals surface area (Å²) in [6.07, 6.45) is 0.667. The van der Waals surface area contributed by atoms with Crippen LogP contribution in [0.5, 0.6) is 0 Å². The molecule has 2 heterocycles. The molecule has 2 aromatic heterocycles. The molecule has 1 N–H and O–H groups in total. The molecule has 34 heavy (non-hydrogen) atoms. The first-order valence-electron chi connectivity index (χ1n) is 10.7. The molecule has 170 valence electrons. The highest BCUT2D eigenvalue weighted by atomic mass is 32.2. The summed E-state index contributed by atoms with van der Waals surface area (Å²) in [5, 5.41) is 12.3. The van der Waals surface area contributed by atoms with Gasteiger partial charge in [0.2, 0.25) is 11.7 Å². The lowest BCUT2D eigenvalue weighted by Crippen LogP contribution is -2.24. The number of aromatic nitrogens is 4. The Labute approximate surface area is 198 Å². The van der Waals surface area contributed by atoms with Gasteiger partial charge < -0.3 is 5.32 Å². The molecule has 0 unspecified atom stereocenters. The number of hydrogen-bond donors (Lipinski definition) is 1. The second-order valence-electron chi connectivity index (χ2n) is 7.67. The average Bonchev–Trinajstić information content (AvgIpc) is 3.27. The Balaban J connectivity index is 1.45. The third-order valence-electron chi connectivity index (χ3n) is 5.39. The molecule has 3 aromatic carbocycles. The minimum Gasteiger partial charge on any atom is -0.325 e. The smallest absolute Gasteiger partial charge is 0.262 e. The van der Waals surface area contributed by atoms with E-state index in [4.69, 9.17) is 0 Å². The lowest BCUT2D eigenvalue weighted by atomic mass is 10.1. The second-order valence-corrected chi connectivity index (χ2v) is 8.62. The van der Waals surface area contributed by atoms with E-state index in [1.165, 1.54) is 30.0 Å². The van der Waals surface area contributed by atoms with E-state index in [2.05, 4.69) is 15.5 Å². The molecule has 0 spiro atoms. The number of carbonyl (C=O) groups excluding carboxylic acids is 1. The Morgan fingerprint density at radius 2 is 1.76 bits per heavy atom. The quantitative estimate of drug-likeness (QED) is 0.359. The van der Waals surface area contributed by atoms with Crippen LogP contribution in [0.4, 0.5) is 10.1 Å². The number of fused-ring (bicyclic) bond motifs is 3. The van der Waals surface area contributed by atoms with Crippen molar-refractivity contribution in [2.75, 3.05) is 11.1 Å². The molecule has 0 radical (unpaired) electrons. The molecule has 9 heteroatoms. The lowest BCUT2D eigenvalue weighted by molar-refractivity contribution is -0.113. The van der Waals surface area contributed by atoms with Crippen molar-refractivity contribution >= 4 is 40.0 Å². The van der Waals surface area contributed by atoms with Crippen LogP contribution in [0, 0.1) is 5.82 Å². The summed E-state index contributed by atoms with van der Waals surface area (Å²) >= 11 is 1.20. The van der Waals surface area contributed by atoms with Gasteiger partial charge in [-0.3, -0.25) is 18.6 Å². The number of anilines is 1. The van der Waals surface area contributed by atoms with E-state index in [-0.39, 0.29) is 17.2 Å². The highest BCUT2D eigenvalue weighted by molar-refractivity contribution is 7.99. The first kappa shape index (κ1) is 21.8. The zero-order chi connectivity index (χ0) is 23.5. The predicted octanol–water partition coefficient (Wildman–Crippen LogP) is 4.16. The van der Waals surface area contributed by atoms with Crippen LogP contribution in [0.2, 0.25) is 0 Å². The highest BCUT2D eigenvalue weighted by Gasteiger charge is 2.17. The van der Waals surface area contributed by atoms with Crippen molar-refractivity contribution in [1.29, 1.82) is 0 Å². The molecule has 0 saturated carbocycles. The van der Waals surface area contributed by atoms with Gasteiger partial charge in [0.1, 0.15) is 5.82 Å². The van der Waals surface area contributed by atoms with Crippen LogP contribution in [0.3, 0.4) is 0 Å². The zero-order valence-corrected chi connectivity index (χ0v) is 18.8. The maximum atomic E-state index is 13.4. The van der Waals surface area contributed by atoms with Gasteiger partial charge >= 0.3 is 0 Å². The zero-order valence-electron chi connectivity index (χ0n) is 18.0. The first-order valence-corrected chi connectivity index (χ1v) is 11.7. The fourth-order valence-corrected chi connectivity index (χ4v) is 4.55. The molecule has 0 bridgehead atoms. The van der Waals surface area contributed by atoms with Gasteiger partial charge in [-0.15, -0.1) is 10.2 Å². The fraction of sp³-hybridized carbons (Fsp3) is 0.120. The fourth-order valence-electron chi connectivity index (χ4n) is 3.81. The van der Waals surface area contributed by atoms with Crippen LogP contribution in [0.1, 0.15) is 5.56 Å². The lowest BCUT2D eigenvalue weighted by Gasteiger charge is -2.11. The molecule has 1 amide bonds. The van der Waals surface area contributed by atoms with E-state index < -0.39 is 5.82 Å². The number of nitrogens with zero attached hydrogens (tertiary/aromatic N) is 4. The van der Waals surface area contributed by atoms with E-state index in [1.54, 1.807) is 16.7 Å². The molecular weight excluding hydrogens is 453 g/mol. The summed E-state index contributed by atoms with van der Waals surface area (Å²) in [4.78, 5) is 25.7. The Bertz CT molecular complexity index is 1550. The molecule has 0 atom stereocenters. The largest absolute Gasteiger partial charge is 0.325 e. The maximum Gasteiger partial charge on any atom is 0.262 e. The van der Waals surface area contributed by atoms with Crippen molar-refractivity contribution in [2.45, 2.75) is 18.1 Å². The normalized spacial score (nSPS) is 11.2. The van der Waals surface area contributed by atoms with Crippen LogP contribution < -0.4 is 10.9 Å². The number of nitrogens with one attached hydrogen (secondary N) is 1. The molecule has 0 aliphatic heterocycles. The average molecular weight is 474 g/mol. The first-order chi connectivity index (χ1) is 16.6. The predicted molar refractivity (Wildman–Crippen MR) is 131 cm³/mol. The van der Waals surface area contributed by atoms with Crippen molar-refractivity contribution < 1.29 is 9.18 Å². The van der Waals surface area contributed by atoms with E-state index >= 15 is 0 Å². The van der Waals surface area contributed by atoms with E-state index in [0.717, 1.165) is 5.56 Å². The van der Waals surface area contributed by atoms with E-state index in [0.29, 0.717) is 40.5 Å². The van der Waals surface area contributed by atoms with Gasteiger partial charge in [0.25, 0.3) is 5.56 Å². The minimum atomic E-state index is -0.422. The van der Waals surface area contributed by atoms with Gasteiger partial charge in [-0.2, -0.15) is 0 Å². The summed E-state index contributed by atoms with van der Waals surface area (Å²) < 4.78 is 16.8. The third-order valence-corrected chi connectivity index (χ3v) is 6.31. The molecular formula is C25H20FN5O2S. The minimum absolute atomic E-state index is 0.0504. The van der Waals surface area contributed by atoms with Crippen molar-refractivity contribution in [2.24, 2.45) is 0 Å². The molecule has 0 fully saturated rings. The number of amides is 1. The Kier molecular flexibility index (Phi) is 6.09. The van der Waals surface area contributed by atoms with Crippen LogP contribution in [-0.2, 0) is 17.8 Å². The summed E-state index contributed by atoms with van der Waals surface area (Å²) in [6.45, 7) is 0.444. The van der Waals surface area contributed by atoms with Gasteiger partial charge in [-0.1, -0.05) is 60.3 Å². The van der Waals surface area contributed by atoms with Gasteiger partial charge in [0, 0.05) is 12.2 Å². The summed E-state index contributed by atoms with van der Waals surface area (Å²) in [6, 6.07) is 22.9. The monoisotopic (exact) mass is 473 g/mol. The number of rotatable bonds is 7. The molecule has 7 nitrogen and oxygen atoms in total. The number of para-hydroxylation sites is 1. The number of hydrogen-bond acceptors (Lipinski definition) is 5. The third kappa shape index (κ3) is 4.42. The maximum absolute atomic E-state index is 13.4. The Hall–Kier alpha value is -3.98. The van der Waals surface area contributed by atoms with Crippen LogP contribution in [0.25, 0.3) is 16.7 Å². The second kappa shape index (κ2) is 9.48. The van der Waals surface area contributed by atoms with E-state index in [9.17, 15) is 14.0 Å². The number of halogens is 1. The van der Waals surface area contributed by atoms with E-state index in [1.807, 2.05) is 52.9 Å². The summed E-state index contributed by atoms with van der Waals surface area (Å²) in [5.74, 6) is -0.245. The number of carbonyl (C=O) groups is 1. The van der Waals surface area contributed by atoms with Crippen molar-refractivity contribution in [3.63, 3.8) is 0 Å². The topological polar surface area (TPSA) is 81.3 Å². The van der Waals surface area contributed by atoms with Crippen LogP contribution in [-0.4, -0.2) is 30.8 Å². The summed E-state index contributed by atoms with van der Waals surface area (Å²) in [7, 11) is 0. The van der Waals surface area contributed by atoms with Crippen molar-refractivity contribution in [3.05, 3.63) is 101 Å². The standard InChI is InChI=1S/C25H20FN5O2S/c26-18-9-6-10-19(15-18)27-22(32)16-34-25-29-28-24-30(14-13-17-7-2-1-3-8-17)23(33)20-11-4-5-12-21(20)31(24)25/h1-12,15H,13-14,16H2,(H,27,32). The van der Waals surface area contributed by atoms with Crippen LogP contribution in [0.15, 0.2) is 88.8 Å². The van der Waals surface area contributed by atoms with Gasteiger partial charge in [0.15, 0.2) is 5.16 Å². The number of thioether (sulfide) groups is 1. The van der Waals surface area contributed by atoms with Crippen LogP contribution >= 0.6 is 11.8 Å². The number of benzene rings is 3. The molecule has 0 aliphatic rings. The van der Waals surface area contributed by atoms with Gasteiger partial charge in [-0.05, 0) is 42.3 Å². The molecule has 5 aromatic rings.